The molecule has 0 aliphatic rings. The van der Waals surface area contributed by atoms with Crippen LogP contribution in [0.25, 0.3) is 0 Å². The predicted molar refractivity (Wildman–Crippen MR) is 76.9 cm³/mol. The van der Waals surface area contributed by atoms with Crippen LogP contribution in [-0.2, 0) is 0 Å². The SMILES string of the molecule is Cc1nnc(NC(C)c2ccccc2)c(C(=O)O)c1C. The smallest absolute Gasteiger partial charge is 0.339 e. The summed E-state index contributed by atoms with van der Waals surface area (Å²) in [4.78, 5) is 11.4. The first-order valence-corrected chi connectivity index (χ1v) is 6.39. The minimum absolute atomic E-state index is 0.0503. The van der Waals surface area contributed by atoms with E-state index in [1.54, 1.807) is 13.8 Å². The van der Waals surface area contributed by atoms with Crippen molar-refractivity contribution < 1.29 is 9.90 Å². The summed E-state index contributed by atoms with van der Waals surface area (Å²) in [6.45, 7) is 5.45. The largest absolute Gasteiger partial charge is 0.478 e. The Morgan fingerprint density at radius 2 is 1.85 bits per heavy atom. The van der Waals surface area contributed by atoms with Crippen molar-refractivity contribution in [3.8, 4) is 0 Å². The van der Waals surface area contributed by atoms with Gasteiger partial charge in [0.25, 0.3) is 0 Å². The Labute approximate surface area is 117 Å². The van der Waals surface area contributed by atoms with Crippen LogP contribution in [0.3, 0.4) is 0 Å². The lowest BCUT2D eigenvalue weighted by Gasteiger charge is -2.17. The van der Waals surface area contributed by atoms with E-state index < -0.39 is 5.97 Å². The first-order valence-electron chi connectivity index (χ1n) is 6.39. The van der Waals surface area contributed by atoms with Gasteiger partial charge in [0.2, 0.25) is 0 Å². The number of aromatic carboxylic acids is 1. The van der Waals surface area contributed by atoms with E-state index >= 15 is 0 Å². The predicted octanol–water partition coefficient (Wildman–Crippen LogP) is 2.96. The van der Waals surface area contributed by atoms with Gasteiger partial charge in [-0.2, -0.15) is 5.10 Å². The lowest BCUT2D eigenvalue weighted by molar-refractivity contribution is 0.0696. The van der Waals surface area contributed by atoms with Crippen molar-refractivity contribution in [3.05, 3.63) is 52.7 Å². The number of carbonyl (C=O) groups is 1. The third-order valence-corrected chi connectivity index (χ3v) is 3.32. The zero-order chi connectivity index (χ0) is 14.7. The second-order valence-electron chi connectivity index (χ2n) is 4.72. The number of rotatable bonds is 4. The normalized spacial score (nSPS) is 11.9. The standard InChI is InChI=1S/C15H17N3O2/c1-9-10(2)17-18-14(13(9)15(19)20)16-11(3)12-7-5-4-6-8-12/h4-8,11H,1-3H3,(H,16,18)(H,19,20). The summed E-state index contributed by atoms with van der Waals surface area (Å²) < 4.78 is 0. The van der Waals surface area contributed by atoms with Crippen molar-refractivity contribution in [2.24, 2.45) is 0 Å². The number of hydrogen-bond donors (Lipinski definition) is 2. The van der Waals surface area contributed by atoms with Crippen LogP contribution < -0.4 is 5.32 Å². The number of carboxylic acids is 1. The molecule has 1 aromatic heterocycles. The first kappa shape index (κ1) is 14.0. The topological polar surface area (TPSA) is 75.1 Å². The second-order valence-corrected chi connectivity index (χ2v) is 4.72. The highest BCUT2D eigenvalue weighted by molar-refractivity contribution is 5.94. The summed E-state index contributed by atoms with van der Waals surface area (Å²) in [5.41, 5.74) is 2.50. The molecule has 0 spiro atoms. The monoisotopic (exact) mass is 271 g/mol. The Morgan fingerprint density at radius 3 is 2.45 bits per heavy atom. The summed E-state index contributed by atoms with van der Waals surface area (Å²) in [7, 11) is 0. The Hall–Kier alpha value is -2.43. The van der Waals surface area contributed by atoms with Crippen LogP contribution in [0.2, 0.25) is 0 Å². The Bertz CT molecular complexity index is 627. The maximum atomic E-state index is 11.4. The van der Waals surface area contributed by atoms with Crippen molar-refractivity contribution >= 4 is 11.8 Å². The lowest BCUT2D eigenvalue weighted by atomic mass is 10.1. The molecular weight excluding hydrogens is 254 g/mol. The second kappa shape index (κ2) is 5.69. The van der Waals surface area contributed by atoms with E-state index in [1.807, 2.05) is 37.3 Å². The van der Waals surface area contributed by atoms with Crippen LogP contribution in [0.4, 0.5) is 5.82 Å². The fourth-order valence-corrected chi connectivity index (χ4v) is 2.00. The molecule has 20 heavy (non-hydrogen) atoms. The third kappa shape index (κ3) is 2.77. The van der Waals surface area contributed by atoms with Gasteiger partial charge in [-0.25, -0.2) is 4.79 Å². The van der Waals surface area contributed by atoms with Crippen LogP contribution in [0.1, 0.15) is 40.1 Å². The van der Waals surface area contributed by atoms with E-state index in [-0.39, 0.29) is 11.6 Å². The molecule has 1 aromatic carbocycles. The van der Waals surface area contributed by atoms with Crippen molar-refractivity contribution in [2.75, 3.05) is 5.32 Å². The molecule has 1 atom stereocenters. The number of aryl methyl sites for hydroxylation is 1. The molecule has 5 heteroatoms. The van der Waals surface area contributed by atoms with Crippen molar-refractivity contribution in [1.82, 2.24) is 10.2 Å². The molecule has 0 aliphatic carbocycles. The molecule has 5 nitrogen and oxygen atoms in total. The van der Waals surface area contributed by atoms with Crippen LogP contribution in [0.15, 0.2) is 30.3 Å². The summed E-state index contributed by atoms with van der Waals surface area (Å²) in [6.07, 6.45) is 0. The highest BCUT2D eigenvalue weighted by atomic mass is 16.4. The molecule has 104 valence electrons. The molecule has 0 saturated carbocycles. The minimum Gasteiger partial charge on any atom is -0.478 e. The van der Waals surface area contributed by atoms with Gasteiger partial charge < -0.3 is 10.4 Å². The lowest BCUT2D eigenvalue weighted by Crippen LogP contribution is -2.15. The molecule has 0 aliphatic heterocycles. The van der Waals surface area contributed by atoms with Gasteiger partial charge in [-0.15, -0.1) is 5.10 Å². The molecule has 0 fully saturated rings. The van der Waals surface area contributed by atoms with E-state index in [0.29, 0.717) is 17.1 Å². The number of nitrogens with zero attached hydrogens (tertiary/aromatic N) is 2. The molecule has 0 amide bonds. The van der Waals surface area contributed by atoms with Crippen LogP contribution in [0.5, 0.6) is 0 Å². The molecule has 0 bridgehead atoms. The summed E-state index contributed by atoms with van der Waals surface area (Å²) in [5, 5.41) is 20.4. The number of hydrogen-bond acceptors (Lipinski definition) is 4. The van der Waals surface area contributed by atoms with Gasteiger partial charge in [0, 0.05) is 0 Å². The molecule has 0 radical (unpaired) electrons. The summed E-state index contributed by atoms with van der Waals surface area (Å²) >= 11 is 0. The average molecular weight is 271 g/mol. The Balaban J connectivity index is 2.35. The van der Waals surface area contributed by atoms with E-state index in [2.05, 4.69) is 15.5 Å². The molecule has 2 N–H and O–H groups in total. The molecule has 2 rings (SSSR count). The highest BCUT2D eigenvalue weighted by Gasteiger charge is 2.19. The maximum absolute atomic E-state index is 11.4. The molecule has 2 aromatic rings. The molecule has 0 saturated heterocycles. The van der Waals surface area contributed by atoms with Crippen LogP contribution >= 0.6 is 0 Å². The van der Waals surface area contributed by atoms with E-state index in [0.717, 1.165) is 5.56 Å². The number of carboxylic acid groups (broad SMARTS) is 1. The fraction of sp³-hybridized carbons (Fsp3) is 0.267. The van der Waals surface area contributed by atoms with Gasteiger partial charge in [0.1, 0.15) is 5.56 Å². The van der Waals surface area contributed by atoms with Crippen molar-refractivity contribution in [3.63, 3.8) is 0 Å². The van der Waals surface area contributed by atoms with Crippen LogP contribution in [-0.4, -0.2) is 21.3 Å². The average Bonchev–Trinajstić information content (AvgIpc) is 2.43. The zero-order valence-electron chi connectivity index (χ0n) is 11.7. The van der Waals surface area contributed by atoms with E-state index in [9.17, 15) is 9.90 Å². The Morgan fingerprint density at radius 1 is 1.20 bits per heavy atom. The zero-order valence-corrected chi connectivity index (χ0v) is 11.7. The van der Waals surface area contributed by atoms with Gasteiger partial charge in [-0.05, 0) is 31.9 Å². The van der Waals surface area contributed by atoms with Gasteiger partial charge in [-0.1, -0.05) is 30.3 Å². The highest BCUT2D eigenvalue weighted by Crippen LogP contribution is 2.23. The Kier molecular flexibility index (Phi) is 3.98. The number of nitrogens with one attached hydrogen (secondary N) is 1. The summed E-state index contributed by atoms with van der Waals surface area (Å²) in [6, 6.07) is 9.73. The van der Waals surface area contributed by atoms with Gasteiger partial charge in [0.05, 0.1) is 11.7 Å². The number of anilines is 1. The van der Waals surface area contributed by atoms with E-state index in [1.165, 1.54) is 0 Å². The van der Waals surface area contributed by atoms with E-state index in [4.69, 9.17) is 0 Å². The molecule has 1 unspecified atom stereocenters. The van der Waals surface area contributed by atoms with Crippen molar-refractivity contribution in [1.29, 1.82) is 0 Å². The van der Waals surface area contributed by atoms with Gasteiger partial charge in [-0.3, -0.25) is 0 Å². The van der Waals surface area contributed by atoms with Crippen LogP contribution in [0, 0.1) is 13.8 Å². The van der Waals surface area contributed by atoms with Gasteiger partial charge >= 0.3 is 5.97 Å². The minimum atomic E-state index is -0.997. The number of aromatic nitrogens is 2. The maximum Gasteiger partial charge on any atom is 0.339 e. The fourth-order valence-electron chi connectivity index (χ4n) is 2.00. The molecule has 1 heterocycles. The number of benzene rings is 1. The molecular formula is C15H17N3O2. The quantitative estimate of drug-likeness (QED) is 0.894. The third-order valence-electron chi connectivity index (χ3n) is 3.32. The summed E-state index contributed by atoms with van der Waals surface area (Å²) in [5.74, 6) is -0.694. The first-order chi connectivity index (χ1) is 9.50. The van der Waals surface area contributed by atoms with Crippen molar-refractivity contribution in [2.45, 2.75) is 26.8 Å². The van der Waals surface area contributed by atoms with Gasteiger partial charge in [0.15, 0.2) is 5.82 Å².